The van der Waals surface area contributed by atoms with Gasteiger partial charge in [0.05, 0.1) is 11.4 Å². The number of pyridine rings is 1. The molecule has 0 aromatic carbocycles. The number of aryl methyl sites for hydroxylation is 2. The van der Waals surface area contributed by atoms with Gasteiger partial charge in [0.1, 0.15) is 10.7 Å². The number of aliphatic imine (C=N–C) groups is 1. The molecule has 0 saturated heterocycles. The molecule has 2 aromatic rings. The van der Waals surface area contributed by atoms with E-state index in [0.29, 0.717) is 6.04 Å². The lowest BCUT2D eigenvalue weighted by atomic mass is 10.1. The van der Waals surface area contributed by atoms with Crippen LogP contribution in [0.25, 0.3) is 10.2 Å². The van der Waals surface area contributed by atoms with Crippen molar-refractivity contribution in [3.05, 3.63) is 27.8 Å². The minimum absolute atomic E-state index is 0.626. The Bertz CT molecular complexity index is 708. The van der Waals surface area contributed by atoms with Crippen molar-refractivity contribution in [2.45, 2.75) is 52.1 Å². The number of nitrogens with zero attached hydrogens (tertiary/aromatic N) is 2. The van der Waals surface area contributed by atoms with Gasteiger partial charge in [0.15, 0.2) is 0 Å². The zero-order chi connectivity index (χ0) is 13.7. The third kappa shape index (κ3) is 1.85. The maximum atomic E-state index is 4.73. The van der Waals surface area contributed by atoms with E-state index in [1.807, 2.05) is 0 Å². The fraction of sp³-hybridized carbons (Fsp3) is 0.500. The number of thiophene rings is 1. The number of rotatable bonds is 1. The Morgan fingerprint density at radius 3 is 2.85 bits per heavy atom. The molecule has 3 nitrogen and oxygen atoms in total. The van der Waals surface area contributed by atoms with Gasteiger partial charge in [0, 0.05) is 22.7 Å². The second-order valence-corrected chi connectivity index (χ2v) is 6.96. The molecule has 2 aliphatic rings. The summed E-state index contributed by atoms with van der Waals surface area (Å²) in [6.45, 7) is 5.07. The lowest BCUT2D eigenvalue weighted by Crippen LogP contribution is -2.31. The molecule has 4 rings (SSSR count). The highest BCUT2D eigenvalue weighted by atomic mass is 32.1. The zero-order valence-corrected chi connectivity index (χ0v) is 12.8. The van der Waals surface area contributed by atoms with Crippen molar-refractivity contribution in [2.24, 2.45) is 4.99 Å². The van der Waals surface area contributed by atoms with E-state index < -0.39 is 0 Å². The summed E-state index contributed by atoms with van der Waals surface area (Å²) in [6.07, 6.45) is 5.28. The quantitative estimate of drug-likeness (QED) is 0.867. The second kappa shape index (κ2) is 4.55. The lowest BCUT2D eigenvalue weighted by molar-refractivity contribution is 0.631. The third-order valence-electron chi connectivity index (χ3n) is 4.39. The van der Waals surface area contributed by atoms with Crippen LogP contribution in [-0.2, 0) is 6.54 Å². The van der Waals surface area contributed by atoms with Crippen molar-refractivity contribution < 1.29 is 0 Å². The minimum atomic E-state index is 0.626. The molecule has 0 atom stereocenters. The van der Waals surface area contributed by atoms with Gasteiger partial charge in [-0.3, -0.25) is 4.99 Å². The Balaban J connectivity index is 1.74. The molecule has 0 unspecified atom stereocenters. The molecular weight excluding hydrogens is 266 g/mol. The third-order valence-corrected chi connectivity index (χ3v) is 5.53. The zero-order valence-electron chi connectivity index (χ0n) is 12.0. The van der Waals surface area contributed by atoms with Gasteiger partial charge in [-0.2, -0.15) is 0 Å². The van der Waals surface area contributed by atoms with Gasteiger partial charge in [-0.25, -0.2) is 4.98 Å². The SMILES string of the molecule is Cc1cc(C)c2c3c(sc2n1)C(NC1CCCC1)=NC3. The van der Waals surface area contributed by atoms with Gasteiger partial charge in [0.25, 0.3) is 0 Å². The molecule has 1 aliphatic heterocycles. The van der Waals surface area contributed by atoms with Gasteiger partial charge < -0.3 is 5.32 Å². The highest BCUT2D eigenvalue weighted by Gasteiger charge is 2.26. The van der Waals surface area contributed by atoms with Gasteiger partial charge in [-0.15, -0.1) is 11.3 Å². The molecular formula is C16H19N3S. The summed E-state index contributed by atoms with van der Waals surface area (Å²) in [4.78, 5) is 11.9. The number of fused-ring (bicyclic) bond motifs is 3. The van der Waals surface area contributed by atoms with Gasteiger partial charge >= 0.3 is 0 Å². The smallest absolute Gasteiger partial charge is 0.139 e. The molecule has 0 amide bonds. The highest BCUT2D eigenvalue weighted by molar-refractivity contribution is 7.20. The molecule has 1 fully saturated rings. The van der Waals surface area contributed by atoms with Crippen LogP contribution in [0.15, 0.2) is 11.1 Å². The van der Waals surface area contributed by atoms with E-state index in [4.69, 9.17) is 9.98 Å². The normalized spacial score (nSPS) is 18.6. The number of nitrogens with one attached hydrogen (secondary N) is 1. The van der Waals surface area contributed by atoms with E-state index in [-0.39, 0.29) is 0 Å². The Labute approximate surface area is 123 Å². The highest BCUT2D eigenvalue weighted by Crippen LogP contribution is 2.36. The number of hydrogen-bond donors (Lipinski definition) is 1. The molecule has 0 radical (unpaired) electrons. The van der Waals surface area contributed by atoms with Gasteiger partial charge in [0.2, 0.25) is 0 Å². The van der Waals surface area contributed by atoms with Crippen molar-refractivity contribution in [1.29, 1.82) is 0 Å². The molecule has 3 heterocycles. The Kier molecular flexibility index (Phi) is 2.81. The first kappa shape index (κ1) is 12.3. The lowest BCUT2D eigenvalue weighted by Gasteiger charge is -2.12. The summed E-state index contributed by atoms with van der Waals surface area (Å²) in [5.41, 5.74) is 3.83. The van der Waals surface area contributed by atoms with Crippen LogP contribution in [0.4, 0.5) is 0 Å². The van der Waals surface area contributed by atoms with Crippen LogP contribution in [0.1, 0.15) is 47.4 Å². The molecule has 0 spiro atoms. The largest absolute Gasteiger partial charge is 0.366 e. The molecule has 104 valence electrons. The van der Waals surface area contributed by atoms with E-state index in [1.54, 1.807) is 11.3 Å². The van der Waals surface area contributed by atoms with Crippen LogP contribution in [0, 0.1) is 13.8 Å². The van der Waals surface area contributed by atoms with E-state index in [9.17, 15) is 0 Å². The number of aromatic nitrogens is 1. The topological polar surface area (TPSA) is 37.3 Å². The van der Waals surface area contributed by atoms with Crippen LogP contribution in [0.2, 0.25) is 0 Å². The fourth-order valence-corrected chi connectivity index (χ4v) is 4.74. The molecule has 1 N–H and O–H groups in total. The van der Waals surface area contributed by atoms with Crippen molar-refractivity contribution in [3.8, 4) is 0 Å². The Hall–Kier alpha value is -1.42. The first-order chi connectivity index (χ1) is 9.72. The summed E-state index contributed by atoms with van der Waals surface area (Å²) in [7, 11) is 0. The van der Waals surface area contributed by atoms with E-state index >= 15 is 0 Å². The standard InChI is InChI=1S/C16H19N3S/c1-9-7-10(2)18-16-13(9)12-8-17-15(14(12)20-16)19-11-5-3-4-6-11/h7,11H,3-6,8H2,1-2H3,(H,17,19). The molecule has 2 aromatic heterocycles. The second-order valence-electron chi connectivity index (χ2n) is 5.96. The molecule has 4 heteroatoms. The predicted octanol–water partition coefficient (Wildman–Crippen LogP) is 3.71. The van der Waals surface area contributed by atoms with Crippen molar-refractivity contribution in [2.75, 3.05) is 0 Å². The average molecular weight is 285 g/mol. The molecule has 1 aliphatic carbocycles. The first-order valence-corrected chi connectivity index (χ1v) is 8.25. The summed E-state index contributed by atoms with van der Waals surface area (Å²) in [5.74, 6) is 1.12. The maximum Gasteiger partial charge on any atom is 0.139 e. The Morgan fingerprint density at radius 1 is 1.25 bits per heavy atom. The predicted molar refractivity (Wildman–Crippen MR) is 84.7 cm³/mol. The van der Waals surface area contributed by atoms with Crippen molar-refractivity contribution in [1.82, 2.24) is 10.3 Å². The van der Waals surface area contributed by atoms with E-state index in [0.717, 1.165) is 18.1 Å². The fourth-order valence-electron chi connectivity index (χ4n) is 3.46. The summed E-state index contributed by atoms with van der Waals surface area (Å²) >= 11 is 1.80. The van der Waals surface area contributed by atoms with Crippen molar-refractivity contribution >= 4 is 27.4 Å². The average Bonchev–Trinajstić information content (AvgIpc) is 3.07. The first-order valence-electron chi connectivity index (χ1n) is 7.43. The van der Waals surface area contributed by atoms with Crippen LogP contribution in [-0.4, -0.2) is 16.9 Å². The van der Waals surface area contributed by atoms with Crippen LogP contribution in [0.5, 0.6) is 0 Å². The van der Waals surface area contributed by atoms with Crippen LogP contribution >= 0.6 is 11.3 Å². The Morgan fingerprint density at radius 2 is 2.05 bits per heavy atom. The van der Waals surface area contributed by atoms with Crippen molar-refractivity contribution in [3.63, 3.8) is 0 Å². The monoisotopic (exact) mass is 285 g/mol. The summed E-state index contributed by atoms with van der Waals surface area (Å²) in [5, 5.41) is 5.00. The number of hydrogen-bond acceptors (Lipinski definition) is 4. The number of amidine groups is 1. The molecule has 20 heavy (non-hydrogen) atoms. The minimum Gasteiger partial charge on any atom is -0.366 e. The maximum absolute atomic E-state index is 4.73. The molecule has 0 bridgehead atoms. The van der Waals surface area contributed by atoms with Crippen LogP contribution < -0.4 is 5.32 Å². The van der Waals surface area contributed by atoms with Crippen LogP contribution in [0.3, 0.4) is 0 Å². The van der Waals surface area contributed by atoms with Gasteiger partial charge in [-0.05, 0) is 38.3 Å². The summed E-state index contributed by atoms with van der Waals surface area (Å²) < 4.78 is 0. The molecule has 1 saturated carbocycles. The van der Waals surface area contributed by atoms with Gasteiger partial charge in [-0.1, -0.05) is 12.8 Å². The van der Waals surface area contributed by atoms with E-state index in [1.165, 1.54) is 51.9 Å². The van der Waals surface area contributed by atoms with E-state index in [2.05, 4.69) is 25.2 Å². The summed E-state index contributed by atoms with van der Waals surface area (Å²) in [6, 6.07) is 2.80.